The monoisotopic (exact) mass is 512 g/mol. The van der Waals surface area contributed by atoms with Crippen LogP contribution in [-0.2, 0) is 0 Å². The number of rotatable bonds is 3. The minimum Gasteiger partial charge on any atom is -0.315 e. The summed E-state index contributed by atoms with van der Waals surface area (Å²) in [5.74, 6) is 0. The molecule has 3 heteroatoms. The van der Waals surface area contributed by atoms with Crippen molar-refractivity contribution in [3.63, 3.8) is 0 Å². The molecule has 5 aromatic carbocycles. The lowest BCUT2D eigenvalue weighted by Gasteiger charge is -2.12. The van der Waals surface area contributed by atoms with E-state index in [9.17, 15) is 0 Å². The Balaban J connectivity index is 1.52. The van der Waals surface area contributed by atoms with Crippen LogP contribution in [0.15, 0.2) is 132 Å². The molecule has 0 aliphatic carbocycles. The minimum absolute atomic E-state index is 1.09. The molecule has 7 rings (SSSR count). The Morgan fingerprint density at radius 1 is 0.486 bits per heavy atom. The van der Waals surface area contributed by atoms with Crippen molar-refractivity contribution in [2.24, 2.45) is 0 Å². The Hall–Kier alpha value is -4.08. The summed E-state index contributed by atoms with van der Waals surface area (Å²) in [6, 6.07) is 43.4. The van der Waals surface area contributed by atoms with Gasteiger partial charge in [-0.1, -0.05) is 88.7 Å². The van der Waals surface area contributed by atoms with E-state index in [1.165, 1.54) is 43.8 Å². The molecule has 0 spiro atoms. The summed E-state index contributed by atoms with van der Waals surface area (Å²) < 4.78 is 5.81. The molecule has 0 radical (unpaired) electrons. The normalized spacial score (nSPS) is 11.6. The highest BCUT2D eigenvalue weighted by molar-refractivity contribution is 9.10. The van der Waals surface area contributed by atoms with Gasteiger partial charge in [0, 0.05) is 38.2 Å². The molecule has 0 N–H and O–H groups in total. The van der Waals surface area contributed by atoms with Gasteiger partial charge < -0.3 is 9.13 Å². The van der Waals surface area contributed by atoms with E-state index in [1.54, 1.807) is 0 Å². The van der Waals surface area contributed by atoms with Gasteiger partial charge in [-0.3, -0.25) is 0 Å². The van der Waals surface area contributed by atoms with Gasteiger partial charge in [-0.15, -0.1) is 0 Å². The zero-order valence-electron chi connectivity index (χ0n) is 18.9. The van der Waals surface area contributed by atoms with Gasteiger partial charge in [0.15, 0.2) is 0 Å². The number of hydrogen-bond acceptors (Lipinski definition) is 0. The topological polar surface area (TPSA) is 9.86 Å². The molecule has 0 aliphatic heterocycles. The highest BCUT2D eigenvalue weighted by atomic mass is 79.9. The van der Waals surface area contributed by atoms with Crippen LogP contribution in [0, 0.1) is 0 Å². The number of benzene rings is 5. The Kier molecular flexibility index (Phi) is 4.64. The maximum atomic E-state index is 3.54. The number of aromatic nitrogens is 2. The molecule has 35 heavy (non-hydrogen) atoms. The first-order chi connectivity index (χ1) is 17.3. The molecule has 2 nitrogen and oxygen atoms in total. The van der Waals surface area contributed by atoms with Crippen LogP contribution in [0.1, 0.15) is 0 Å². The number of para-hydroxylation sites is 2. The van der Waals surface area contributed by atoms with Crippen molar-refractivity contribution < 1.29 is 0 Å². The van der Waals surface area contributed by atoms with Gasteiger partial charge in [-0.2, -0.15) is 0 Å². The third-order valence-electron chi connectivity index (χ3n) is 6.82. The third kappa shape index (κ3) is 3.23. The fraction of sp³-hybridized carbons (Fsp3) is 0. The molecule has 166 valence electrons. The molecule has 2 aromatic heterocycles. The van der Waals surface area contributed by atoms with Gasteiger partial charge in [0.2, 0.25) is 0 Å². The Morgan fingerprint density at radius 3 is 1.94 bits per heavy atom. The van der Waals surface area contributed by atoms with Gasteiger partial charge in [0.05, 0.1) is 16.6 Å². The summed E-state index contributed by atoms with van der Waals surface area (Å²) in [7, 11) is 0. The van der Waals surface area contributed by atoms with Crippen LogP contribution >= 0.6 is 15.9 Å². The Bertz CT molecular complexity index is 1820. The average Bonchev–Trinajstić information content (AvgIpc) is 3.49. The second-order valence-electron chi connectivity index (χ2n) is 8.83. The fourth-order valence-electron chi connectivity index (χ4n) is 5.19. The van der Waals surface area contributed by atoms with Crippen LogP contribution in [0.5, 0.6) is 0 Å². The number of nitrogens with zero attached hydrogens (tertiary/aromatic N) is 2. The van der Waals surface area contributed by atoms with Crippen LogP contribution in [0.4, 0.5) is 0 Å². The highest BCUT2D eigenvalue weighted by Gasteiger charge is 2.17. The van der Waals surface area contributed by atoms with E-state index in [-0.39, 0.29) is 0 Å². The van der Waals surface area contributed by atoms with Crippen molar-refractivity contribution >= 4 is 48.6 Å². The summed E-state index contributed by atoms with van der Waals surface area (Å²) in [5, 5.41) is 3.76. The fourth-order valence-corrected chi connectivity index (χ4v) is 5.45. The number of fused-ring (bicyclic) bond motifs is 5. The van der Waals surface area contributed by atoms with Gasteiger partial charge in [0.1, 0.15) is 0 Å². The summed E-state index contributed by atoms with van der Waals surface area (Å²) >= 11 is 3.54. The van der Waals surface area contributed by atoms with Crippen molar-refractivity contribution in [1.29, 1.82) is 0 Å². The summed E-state index contributed by atoms with van der Waals surface area (Å²) in [6.45, 7) is 0. The average molecular weight is 513 g/mol. The standard InChI is InChI=1S/C32H21BrN2/c33-25-15-10-22(11-16-25)23-12-17-27(18-13-23)35-30-9-5-4-8-28(30)29-19-14-24-20-21-34(31(24)32(29)35)26-6-2-1-3-7-26/h1-21H. The van der Waals surface area contributed by atoms with Gasteiger partial charge in [-0.05, 0) is 59.7 Å². The smallest absolute Gasteiger partial charge is 0.0788 e. The summed E-state index contributed by atoms with van der Waals surface area (Å²) in [5.41, 5.74) is 8.41. The SMILES string of the molecule is Brc1ccc(-c2ccc(-n3c4ccccc4c4ccc5ccn(-c6ccccc6)c5c43)cc2)cc1. The maximum Gasteiger partial charge on any atom is 0.0788 e. The van der Waals surface area contributed by atoms with E-state index in [1.807, 2.05) is 0 Å². The van der Waals surface area contributed by atoms with Gasteiger partial charge >= 0.3 is 0 Å². The molecule has 0 unspecified atom stereocenters. The van der Waals surface area contributed by atoms with Crippen LogP contribution in [-0.4, -0.2) is 9.13 Å². The van der Waals surface area contributed by atoms with Gasteiger partial charge in [-0.25, -0.2) is 0 Å². The molecular formula is C32H21BrN2. The van der Waals surface area contributed by atoms with Crippen LogP contribution in [0.3, 0.4) is 0 Å². The molecule has 7 aromatic rings. The molecule has 0 amide bonds. The minimum atomic E-state index is 1.09. The van der Waals surface area contributed by atoms with E-state index < -0.39 is 0 Å². The van der Waals surface area contributed by atoms with Crippen LogP contribution in [0.25, 0.3) is 55.2 Å². The maximum absolute atomic E-state index is 3.54. The molecule has 0 atom stereocenters. The third-order valence-corrected chi connectivity index (χ3v) is 7.35. The van der Waals surface area contributed by atoms with Crippen molar-refractivity contribution in [3.05, 3.63) is 132 Å². The van der Waals surface area contributed by atoms with E-state index in [0.29, 0.717) is 0 Å². The van der Waals surface area contributed by atoms with E-state index in [0.717, 1.165) is 15.8 Å². The van der Waals surface area contributed by atoms with Crippen molar-refractivity contribution in [2.45, 2.75) is 0 Å². The number of halogens is 1. The summed E-state index contributed by atoms with van der Waals surface area (Å²) in [6.07, 6.45) is 2.18. The van der Waals surface area contributed by atoms with E-state index in [2.05, 4.69) is 153 Å². The van der Waals surface area contributed by atoms with Gasteiger partial charge in [0.25, 0.3) is 0 Å². The zero-order valence-corrected chi connectivity index (χ0v) is 20.5. The Morgan fingerprint density at radius 2 is 1.17 bits per heavy atom. The van der Waals surface area contributed by atoms with E-state index >= 15 is 0 Å². The first kappa shape index (κ1) is 20.3. The first-order valence-corrected chi connectivity index (χ1v) is 12.5. The van der Waals surface area contributed by atoms with Crippen LogP contribution < -0.4 is 0 Å². The van der Waals surface area contributed by atoms with Crippen molar-refractivity contribution in [3.8, 4) is 22.5 Å². The predicted molar refractivity (Wildman–Crippen MR) is 151 cm³/mol. The molecule has 0 saturated heterocycles. The molecule has 0 fully saturated rings. The number of hydrogen-bond donors (Lipinski definition) is 0. The predicted octanol–water partition coefficient (Wildman–Crippen LogP) is 9.16. The second-order valence-corrected chi connectivity index (χ2v) is 9.74. The lowest BCUT2D eigenvalue weighted by Crippen LogP contribution is -1.98. The molecule has 0 saturated carbocycles. The lowest BCUT2D eigenvalue weighted by molar-refractivity contribution is 1.12. The lowest BCUT2D eigenvalue weighted by atomic mass is 10.1. The molecule has 0 aliphatic rings. The Labute approximate surface area is 211 Å². The van der Waals surface area contributed by atoms with E-state index in [4.69, 9.17) is 0 Å². The zero-order chi connectivity index (χ0) is 23.4. The second kappa shape index (κ2) is 8.00. The van der Waals surface area contributed by atoms with Crippen molar-refractivity contribution in [1.82, 2.24) is 9.13 Å². The van der Waals surface area contributed by atoms with Crippen molar-refractivity contribution in [2.75, 3.05) is 0 Å². The molecular weight excluding hydrogens is 492 g/mol. The largest absolute Gasteiger partial charge is 0.315 e. The molecule has 0 bridgehead atoms. The highest BCUT2D eigenvalue weighted by Crippen LogP contribution is 2.38. The quantitative estimate of drug-likeness (QED) is 0.223. The van der Waals surface area contributed by atoms with Crippen LogP contribution in [0.2, 0.25) is 0 Å². The molecule has 2 heterocycles. The summed E-state index contributed by atoms with van der Waals surface area (Å²) in [4.78, 5) is 0. The first-order valence-electron chi connectivity index (χ1n) is 11.7.